The van der Waals surface area contributed by atoms with Gasteiger partial charge in [0.05, 0.1) is 12.1 Å². The lowest BCUT2D eigenvalue weighted by Crippen LogP contribution is -2.44. The first-order chi connectivity index (χ1) is 11.4. The summed E-state index contributed by atoms with van der Waals surface area (Å²) >= 11 is 0. The van der Waals surface area contributed by atoms with E-state index in [1.165, 1.54) is 0 Å². The quantitative estimate of drug-likeness (QED) is 0.798. The van der Waals surface area contributed by atoms with Gasteiger partial charge in [0.2, 0.25) is 5.91 Å². The number of unbranched alkanes of at least 4 members (excludes halogenated alkanes) is 1. The molecule has 1 aliphatic rings. The summed E-state index contributed by atoms with van der Waals surface area (Å²) < 4.78 is 5.61. The zero-order chi connectivity index (χ0) is 17.7. The molecule has 2 N–H and O–H groups in total. The van der Waals surface area contributed by atoms with E-state index in [2.05, 4.69) is 5.32 Å². The minimum atomic E-state index is -1.02. The van der Waals surface area contributed by atoms with E-state index in [4.69, 9.17) is 9.84 Å². The number of anilines is 2. The maximum Gasteiger partial charge on any atom is 0.303 e. The molecule has 0 spiro atoms. The van der Waals surface area contributed by atoms with Gasteiger partial charge in [-0.25, -0.2) is 0 Å². The second-order valence-electron chi connectivity index (χ2n) is 5.73. The first-order valence-electron chi connectivity index (χ1n) is 8.06. The summed E-state index contributed by atoms with van der Waals surface area (Å²) in [6, 6.07) is 5.08. The summed E-state index contributed by atoms with van der Waals surface area (Å²) in [4.78, 5) is 36.3. The lowest BCUT2D eigenvalue weighted by atomic mass is 10.1. The van der Waals surface area contributed by atoms with E-state index in [9.17, 15) is 14.4 Å². The number of amides is 2. The fourth-order valence-electron chi connectivity index (χ4n) is 2.48. The average molecular weight is 334 g/mol. The van der Waals surface area contributed by atoms with E-state index in [0.717, 1.165) is 12.8 Å². The summed E-state index contributed by atoms with van der Waals surface area (Å²) in [5.41, 5.74) is 1.14. The average Bonchev–Trinajstić information content (AvgIpc) is 2.54. The number of hydrogen-bond donors (Lipinski definition) is 2. The second-order valence-corrected chi connectivity index (χ2v) is 5.73. The molecular weight excluding hydrogens is 312 g/mol. The van der Waals surface area contributed by atoms with E-state index in [1.54, 1.807) is 30.0 Å². The predicted octanol–water partition coefficient (Wildman–Crippen LogP) is 2.40. The normalized spacial score (nSPS) is 16.3. The van der Waals surface area contributed by atoms with Crippen molar-refractivity contribution in [3.63, 3.8) is 0 Å². The number of rotatable bonds is 7. The van der Waals surface area contributed by atoms with Crippen molar-refractivity contribution in [1.29, 1.82) is 0 Å². The van der Waals surface area contributed by atoms with Gasteiger partial charge < -0.3 is 20.1 Å². The van der Waals surface area contributed by atoms with Crippen molar-refractivity contribution >= 4 is 29.2 Å². The van der Waals surface area contributed by atoms with Crippen molar-refractivity contribution in [2.75, 3.05) is 16.8 Å². The predicted molar refractivity (Wildman–Crippen MR) is 89.3 cm³/mol. The van der Waals surface area contributed by atoms with Crippen LogP contribution in [0.4, 0.5) is 11.4 Å². The highest BCUT2D eigenvalue weighted by molar-refractivity contribution is 6.01. The van der Waals surface area contributed by atoms with E-state index < -0.39 is 12.1 Å². The van der Waals surface area contributed by atoms with Crippen molar-refractivity contribution in [2.24, 2.45) is 0 Å². The van der Waals surface area contributed by atoms with Crippen molar-refractivity contribution in [1.82, 2.24) is 0 Å². The Balaban J connectivity index is 2.17. The molecule has 0 bridgehead atoms. The van der Waals surface area contributed by atoms with Gasteiger partial charge in [-0.3, -0.25) is 14.4 Å². The second kappa shape index (κ2) is 7.81. The summed E-state index contributed by atoms with van der Waals surface area (Å²) in [6.07, 6.45) is 0.967. The maximum absolute atomic E-state index is 12.4. The minimum absolute atomic E-state index is 0.0988. The third kappa shape index (κ3) is 4.24. The molecule has 0 saturated heterocycles. The molecule has 1 aromatic carbocycles. The Kier molecular flexibility index (Phi) is 5.78. The zero-order valence-electron chi connectivity index (χ0n) is 13.9. The van der Waals surface area contributed by atoms with Crippen LogP contribution in [0.5, 0.6) is 5.75 Å². The molecule has 1 aliphatic heterocycles. The molecule has 0 aliphatic carbocycles. The monoisotopic (exact) mass is 334 g/mol. The number of aliphatic carboxylic acids is 1. The SMILES string of the molecule is CCCCN1C(=O)C(C)Oc2ccc(NC(=O)CCC(=O)O)cc21. The number of carboxylic acid groups (broad SMARTS) is 1. The van der Waals surface area contributed by atoms with Crippen LogP contribution in [0, 0.1) is 0 Å². The van der Waals surface area contributed by atoms with Crippen LogP contribution in [-0.4, -0.2) is 35.5 Å². The van der Waals surface area contributed by atoms with Crippen molar-refractivity contribution in [3.8, 4) is 5.75 Å². The number of carbonyl (C=O) groups excluding carboxylic acids is 2. The van der Waals surface area contributed by atoms with Gasteiger partial charge in [0.15, 0.2) is 6.10 Å². The Morgan fingerprint density at radius 1 is 1.33 bits per heavy atom. The third-order valence-corrected chi connectivity index (χ3v) is 3.75. The third-order valence-electron chi connectivity index (χ3n) is 3.75. The number of hydrogen-bond acceptors (Lipinski definition) is 4. The summed E-state index contributed by atoms with van der Waals surface area (Å²) in [5.74, 6) is -0.907. The van der Waals surface area contributed by atoms with Gasteiger partial charge >= 0.3 is 5.97 Å². The van der Waals surface area contributed by atoms with E-state index >= 15 is 0 Å². The summed E-state index contributed by atoms with van der Waals surface area (Å²) in [5, 5.41) is 11.3. The van der Waals surface area contributed by atoms with Crippen LogP contribution in [0.15, 0.2) is 18.2 Å². The molecule has 1 atom stereocenters. The molecule has 2 rings (SSSR count). The van der Waals surface area contributed by atoms with Crippen LogP contribution in [0.2, 0.25) is 0 Å². The topological polar surface area (TPSA) is 95.9 Å². The fourth-order valence-corrected chi connectivity index (χ4v) is 2.48. The van der Waals surface area contributed by atoms with Crippen molar-refractivity contribution in [3.05, 3.63) is 18.2 Å². The highest BCUT2D eigenvalue weighted by Crippen LogP contribution is 2.36. The molecule has 1 heterocycles. The lowest BCUT2D eigenvalue weighted by Gasteiger charge is -2.33. The molecule has 7 nitrogen and oxygen atoms in total. The first-order valence-corrected chi connectivity index (χ1v) is 8.06. The van der Waals surface area contributed by atoms with E-state index in [0.29, 0.717) is 23.7 Å². The van der Waals surface area contributed by atoms with E-state index in [1.807, 2.05) is 6.92 Å². The van der Waals surface area contributed by atoms with Crippen LogP contribution in [-0.2, 0) is 14.4 Å². The molecule has 2 amide bonds. The summed E-state index contributed by atoms with van der Waals surface area (Å²) in [6.45, 7) is 4.35. The number of carboxylic acids is 1. The van der Waals surface area contributed by atoms with Gasteiger partial charge in [-0.05, 0) is 31.5 Å². The Labute approximate surface area is 140 Å². The smallest absolute Gasteiger partial charge is 0.303 e. The fraction of sp³-hybridized carbons (Fsp3) is 0.471. The molecule has 1 aromatic rings. The molecular formula is C17H22N2O5. The molecule has 1 unspecified atom stereocenters. The zero-order valence-corrected chi connectivity index (χ0v) is 13.9. The Hall–Kier alpha value is -2.57. The largest absolute Gasteiger partial charge is 0.481 e. The van der Waals surface area contributed by atoms with Gasteiger partial charge in [0.1, 0.15) is 5.75 Å². The first kappa shape index (κ1) is 17.8. The number of fused-ring (bicyclic) bond motifs is 1. The molecule has 7 heteroatoms. The standard InChI is InChI=1S/C17H22N2O5/c1-3-4-9-19-13-10-12(18-15(20)7-8-16(21)22)5-6-14(13)24-11(2)17(19)23/h5-6,10-11H,3-4,7-9H2,1-2H3,(H,18,20)(H,21,22). The Morgan fingerprint density at radius 2 is 2.08 bits per heavy atom. The van der Waals surface area contributed by atoms with Crippen molar-refractivity contribution in [2.45, 2.75) is 45.6 Å². The highest BCUT2D eigenvalue weighted by Gasteiger charge is 2.31. The van der Waals surface area contributed by atoms with Crippen LogP contribution < -0.4 is 15.0 Å². The van der Waals surface area contributed by atoms with Gasteiger partial charge in [-0.2, -0.15) is 0 Å². The number of ether oxygens (including phenoxy) is 1. The number of benzene rings is 1. The molecule has 130 valence electrons. The Morgan fingerprint density at radius 3 is 2.75 bits per heavy atom. The van der Waals surface area contributed by atoms with Crippen LogP contribution in [0.3, 0.4) is 0 Å². The van der Waals surface area contributed by atoms with E-state index in [-0.39, 0.29) is 24.7 Å². The molecule has 0 aromatic heterocycles. The number of carbonyl (C=O) groups is 3. The number of nitrogens with one attached hydrogen (secondary N) is 1. The maximum atomic E-state index is 12.4. The van der Waals surface area contributed by atoms with Gasteiger partial charge in [0, 0.05) is 18.7 Å². The minimum Gasteiger partial charge on any atom is -0.481 e. The highest BCUT2D eigenvalue weighted by atomic mass is 16.5. The Bertz CT molecular complexity index is 644. The van der Waals surface area contributed by atoms with Crippen LogP contribution in [0.1, 0.15) is 39.5 Å². The van der Waals surface area contributed by atoms with Crippen molar-refractivity contribution < 1.29 is 24.2 Å². The van der Waals surface area contributed by atoms with Gasteiger partial charge in [-0.15, -0.1) is 0 Å². The molecule has 0 saturated carbocycles. The molecule has 0 fully saturated rings. The molecule has 24 heavy (non-hydrogen) atoms. The summed E-state index contributed by atoms with van der Waals surface area (Å²) in [7, 11) is 0. The molecule has 0 radical (unpaired) electrons. The number of nitrogens with zero attached hydrogens (tertiary/aromatic N) is 1. The van der Waals surface area contributed by atoms with Gasteiger partial charge in [0.25, 0.3) is 5.91 Å². The van der Waals surface area contributed by atoms with Crippen LogP contribution in [0.25, 0.3) is 0 Å². The van der Waals surface area contributed by atoms with Crippen LogP contribution >= 0.6 is 0 Å². The van der Waals surface area contributed by atoms with Gasteiger partial charge in [-0.1, -0.05) is 13.3 Å². The lowest BCUT2D eigenvalue weighted by molar-refractivity contribution is -0.138.